The zero-order valence-electron chi connectivity index (χ0n) is 11.0. The summed E-state index contributed by atoms with van der Waals surface area (Å²) in [5.74, 6) is 0. The molecule has 0 spiro atoms. The van der Waals surface area contributed by atoms with Gasteiger partial charge in [0, 0.05) is 25.9 Å². The smallest absolute Gasteiger partial charge is 0.0587 e. The lowest BCUT2D eigenvalue weighted by atomic mass is 10.2. The second kappa shape index (κ2) is 9.02. The molecule has 0 aliphatic heterocycles. The number of nitrogens with one attached hydrogen (secondary N) is 2. The van der Waals surface area contributed by atoms with Crippen molar-refractivity contribution in [2.45, 2.75) is 19.8 Å². The van der Waals surface area contributed by atoms with Gasteiger partial charge in [-0.3, -0.25) is 0 Å². The maximum absolute atomic E-state index is 4.96. The molecule has 0 saturated heterocycles. The average molecular weight is 236 g/mol. The molecule has 0 amide bonds. The van der Waals surface area contributed by atoms with Crippen LogP contribution in [-0.2, 0) is 4.74 Å². The van der Waals surface area contributed by atoms with Gasteiger partial charge in [-0.2, -0.15) is 0 Å². The van der Waals surface area contributed by atoms with E-state index in [9.17, 15) is 0 Å². The molecule has 0 atom stereocenters. The van der Waals surface area contributed by atoms with Crippen LogP contribution in [0.4, 0.5) is 5.69 Å². The van der Waals surface area contributed by atoms with E-state index in [0.29, 0.717) is 0 Å². The van der Waals surface area contributed by atoms with E-state index in [1.165, 1.54) is 24.1 Å². The van der Waals surface area contributed by atoms with Crippen LogP contribution in [0.1, 0.15) is 18.4 Å². The number of ether oxygens (including phenoxy) is 1. The molecule has 0 aliphatic rings. The lowest BCUT2D eigenvalue weighted by Crippen LogP contribution is -2.20. The molecule has 0 radical (unpaired) electrons. The van der Waals surface area contributed by atoms with Crippen molar-refractivity contribution in [1.29, 1.82) is 0 Å². The highest BCUT2D eigenvalue weighted by atomic mass is 16.5. The maximum atomic E-state index is 4.96. The Bertz CT molecular complexity index is 302. The summed E-state index contributed by atoms with van der Waals surface area (Å²) in [4.78, 5) is 0. The van der Waals surface area contributed by atoms with Gasteiger partial charge >= 0.3 is 0 Å². The summed E-state index contributed by atoms with van der Waals surface area (Å²) in [6.07, 6.45) is 2.39. The number of benzene rings is 1. The summed E-state index contributed by atoms with van der Waals surface area (Å²) >= 11 is 0. The van der Waals surface area contributed by atoms with Gasteiger partial charge in [-0.25, -0.2) is 0 Å². The third-order valence-electron chi connectivity index (χ3n) is 2.61. The lowest BCUT2D eigenvalue weighted by molar-refractivity contribution is 0.199. The predicted octanol–water partition coefficient (Wildman–Crippen LogP) is 2.42. The van der Waals surface area contributed by atoms with E-state index in [2.05, 4.69) is 41.8 Å². The standard InChI is InChI=1S/C14H24N2O/c1-13-6-5-7-14(12-13)16-9-4-3-8-15-10-11-17-2/h5-7,12,15-16H,3-4,8-11H2,1-2H3. The molecule has 0 aromatic heterocycles. The summed E-state index contributed by atoms with van der Waals surface area (Å²) in [6.45, 7) is 5.96. The Morgan fingerprint density at radius 1 is 1.12 bits per heavy atom. The summed E-state index contributed by atoms with van der Waals surface area (Å²) in [5.41, 5.74) is 2.52. The zero-order valence-corrected chi connectivity index (χ0v) is 11.0. The van der Waals surface area contributed by atoms with E-state index in [0.717, 1.165) is 26.2 Å². The Balaban J connectivity index is 1.97. The first-order valence-corrected chi connectivity index (χ1v) is 6.33. The third kappa shape index (κ3) is 6.97. The predicted molar refractivity (Wildman–Crippen MR) is 73.6 cm³/mol. The Kier molecular flexibility index (Phi) is 7.43. The van der Waals surface area contributed by atoms with Crippen LogP contribution in [0.5, 0.6) is 0 Å². The molecular weight excluding hydrogens is 212 g/mol. The fourth-order valence-electron chi connectivity index (χ4n) is 1.66. The van der Waals surface area contributed by atoms with Gasteiger partial charge in [0.2, 0.25) is 0 Å². The Hall–Kier alpha value is -1.06. The van der Waals surface area contributed by atoms with Gasteiger partial charge in [0.05, 0.1) is 6.61 Å². The summed E-state index contributed by atoms with van der Waals surface area (Å²) < 4.78 is 4.96. The minimum absolute atomic E-state index is 0.793. The highest BCUT2D eigenvalue weighted by molar-refractivity contribution is 5.45. The van der Waals surface area contributed by atoms with Gasteiger partial charge in [0.25, 0.3) is 0 Å². The molecule has 0 aliphatic carbocycles. The van der Waals surface area contributed by atoms with Crippen LogP contribution in [0, 0.1) is 6.92 Å². The maximum Gasteiger partial charge on any atom is 0.0587 e. The number of aryl methyl sites for hydroxylation is 1. The number of rotatable bonds is 9. The van der Waals surface area contributed by atoms with E-state index in [4.69, 9.17) is 4.74 Å². The molecule has 0 fully saturated rings. The molecule has 3 heteroatoms. The molecular formula is C14H24N2O. The topological polar surface area (TPSA) is 33.3 Å². The fraction of sp³-hybridized carbons (Fsp3) is 0.571. The van der Waals surface area contributed by atoms with Crippen molar-refractivity contribution in [2.24, 2.45) is 0 Å². The van der Waals surface area contributed by atoms with Crippen LogP contribution in [0.2, 0.25) is 0 Å². The van der Waals surface area contributed by atoms with Crippen LogP contribution >= 0.6 is 0 Å². The Morgan fingerprint density at radius 3 is 2.71 bits per heavy atom. The van der Waals surface area contributed by atoms with Crippen molar-refractivity contribution in [2.75, 3.05) is 38.7 Å². The van der Waals surface area contributed by atoms with E-state index < -0.39 is 0 Å². The molecule has 3 nitrogen and oxygen atoms in total. The van der Waals surface area contributed by atoms with Crippen molar-refractivity contribution in [1.82, 2.24) is 5.32 Å². The van der Waals surface area contributed by atoms with Crippen LogP contribution in [0.3, 0.4) is 0 Å². The summed E-state index contributed by atoms with van der Waals surface area (Å²) in [6, 6.07) is 8.50. The number of hydrogen-bond acceptors (Lipinski definition) is 3. The number of methoxy groups -OCH3 is 1. The molecule has 17 heavy (non-hydrogen) atoms. The minimum atomic E-state index is 0.793. The lowest BCUT2D eigenvalue weighted by Gasteiger charge is -2.07. The Labute approximate surface area is 105 Å². The van der Waals surface area contributed by atoms with Crippen molar-refractivity contribution < 1.29 is 4.74 Å². The van der Waals surface area contributed by atoms with Crippen LogP contribution in [0.25, 0.3) is 0 Å². The monoisotopic (exact) mass is 236 g/mol. The first-order valence-electron chi connectivity index (χ1n) is 6.33. The third-order valence-corrected chi connectivity index (χ3v) is 2.61. The second-order valence-corrected chi connectivity index (χ2v) is 4.25. The molecule has 1 rings (SSSR count). The second-order valence-electron chi connectivity index (χ2n) is 4.25. The zero-order chi connectivity index (χ0) is 12.3. The van der Waals surface area contributed by atoms with Crippen LogP contribution < -0.4 is 10.6 Å². The number of unbranched alkanes of at least 4 members (excludes halogenated alkanes) is 1. The average Bonchev–Trinajstić information content (AvgIpc) is 2.33. The largest absolute Gasteiger partial charge is 0.385 e. The van der Waals surface area contributed by atoms with Gasteiger partial charge in [-0.15, -0.1) is 0 Å². The van der Waals surface area contributed by atoms with Gasteiger partial charge in [0.15, 0.2) is 0 Å². The van der Waals surface area contributed by atoms with Gasteiger partial charge < -0.3 is 15.4 Å². The van der Waals surface area contributed by atoms with E-state index >= 15 is 0 Å². The molecule has 2 N–H and O–H groups in total. The molecule has 0 unspecified atom stereocenters. The molecule has 96 valence electrons. The number of hydrogen-bond donors (Lipinski definition) is 2. The quantitative estimate of drug-likeness (QED) is 0.646. The summed E-state index contributed by atoms with van der Waals surface area (Å²) in [7, 11) is 1.73. The Morgan fingerprint density at radius 2 is 1.94 bits per heavy atom. The van der Waals surface area contributed by atoms with Gasteiger partial charge in [0.1, 0.15) is 0 Å². The van der Waals surface area contributed by atoms with Gasteiger partial charge in [-0.1, -0.05) is 12.1 Å². The first-order chi connectivity index (χ1) is 8.33. The van der Waals surface area contributed by atoms with Crippen LogP contribution in [0.15, 0.2) is 24.3 Å². The van der Waals surface area contributed by atoms with Crippen molar-refractivity contribution >= 4 is 5.69 Å². The van der Waals surface area contributed by atoms with Crippen molar-refractivity contribution in [3.8, 4) is 0 Å². The molecule has 1 aromatic rings. The fourth-order valence-corrected chi connectivity index (χ4v) is 1.66. The molecule has 0 saturated carbocycles. The van der Waals surface area contributed by atoms with E-state index in [1.807, 2.05) is 0 Å². The normalized spacial score (nSPS) is 10.5. The molecule has 0 bridgehead atoms. The highest BCUT2D eigenvalue weighted by Crippen LogP contribution is 2.09. The van der Waals surface area contributed by atoms with Crippen molar-refractivity contribution in [3.63, 3.8) is 0 Å². The minimum Gasteiger partial charge on any atom is -0.385 e. The van der Waals surface area contributed by atoms with E-state index in [-0.39, 0.29) is 0 Å². The molecule has 1 aromatic carbocycles. The van der Waals surface area contributed by atoms with Crippen LogP contribution in [-0.4, -0.2) is 33.4 Å². The first kappa shape index (κ1) is 14.0. The molecule has 0 heterocycles. The van der Waals surface area contributed by atoms with E-state index in [1.54, 1.807) is 7.11 Å². The SMILES string of the molecule is COCCNCCCCNc1cccc(C)c1. The van der Waals surface area contributed by atoms with Gasteiger partial charge in [-0.05, 0) is 44.0 Å². The highest BCUT2D eigenvalue weighted by Gasteiger charge is 1.92. The summed E-state index contributed by atoms with van der Waals surface area (Å²) in [5, 5.41) is 6.78. The van der Waals surface area contributed by atoms with Crippen molar-refractivity contribution in [3.05, 3.63) is 29.8 Å². The number of anilines is 1.